The molecule has 4 heteroatoms. The molecule has 3 nitrogen and oxygen atoms in total. The van der Waals surface area contributed by atoms with E-state index < -0.39 is 5.41 Å². The van der Waals surface area contributed by atoms with Crippen molar-refractivity contribution in [2.45, 2.75) is 72.8 Å². The summed E-state index contributed by atoms with van der Waals surface area (Å²) in [7, 11) is 0. The van der Waals surface area contributed by atoms with Crippen molar-refractivity contribution in [3.8, 4) is 0 Å². The van der Waals surface area contributed by atoms with Crippen LogP contribution in [0.5, 0.6) is 0 Å². The first-order chi connectivity index (χ1) is 9.60. The van der Waals surface area contributed by atoms with Crippen molar-refractivity contribution in [1.29, 1.82) is 0 Å². The Morgan fingerprint density at radius 3 is 1.62 bits per heavy atom. The molecule has 0 aromatic rings. The van der Waals surface area contributed by atoms with Gasteiger partial charge in [0.15, 0.2) is 0 Å². The first-order valence-corrected chi connectivity index (χ1v) is 9.04. The van der Waals surface area contributed by atoms with E-state index >= 15 is 0 Å². The lowest BCUT2D eigenvalue weighted by molar-refractivity contribution is -0.141. The number of carbonyl (C=O) groups excluding carboxylic acids is 1. The van der Waals surface area contributed by atoms with Crippen molar-refractivity contribution in [2.75, 3.05) is 19.0 Å². The molecule has 21 heavy (non-hydrogen) atoms. The van der Waals surface area contributed by atoms with E-state index in [0.29, 0.717) is 18.5 Å². The number of ketones is 1. The SMILES string of the molecule is CC(C)OCC(COC(C)C)(CSC(C)C)C(=O)C(C)C. The number of hydrogen-bond donors (Lipinski definition) is 0. The molecule has 0 N–H and O–H groups in total. The summed E-state index contributed by atoms with van der Waals surface area (Å²) in [6, 6.07) is 0. The van der Waals surface area contributed by atoms with Gasteiger partial charge in [0.2, 0.25) is 0 Å². The monoisotopic (exact) mass is 318 g/mol. The Morgan fingerprint density at radius 2 is 1.33 bits per heavy atom. The van der Waals surface area contributed by atoms with Crippen LogP contribution in [0.15, 0.2) is 0 Å². The van der Waals surface area contributed by atoms with Crippen LogP contribution in [0.3, 0.4) is 0 Å². The Hall–Kier alpha value is -0.0600. The van der Waals surface area contributed by atoms with Crippen LogP contribution >= 0.6 is 11.8 Å². The smallest absolute Gasteiger partial charge is 0.147 e. The number of ether oxygens (including phenoxy) is 2. The zero-order chi connectivity index (χ0) is 16.6. The predicted octanol–water partition coefficient (Wildman–Crippen LogP) is 4.19. The standard InChI is InChI=1S/C17H34O3S/c1-12(2)16(18)17(9-19-13(3)4,10-20-14(5)6)11-21-15(7)8/h12-15H,9-11H2,1-8H3. The van der Waals surface area contributed by atoms with Crippen molar-refractivity contribution in [3.63, 3.8) is 0 Å². The van der Waals surface area contributed by atoms with Crippen LogP contribution in [0.4, 0.5) is 0 Å². The highest BCUT2D eigenvalue weighted by Crippen LogP contribution is 2.31. The van der Waals surface area contributed by atoms with Crippen LogP contribution in [0.2, 0.25) is 0 Å². The second kappa shape index (κ2) is 9.86. The van der Waals surface area contributed by atoms with Crippen molar-refractivity contribution in [3.05, 3.63) is 0 Å². The molecule has 0 amide bonds. The van der Waals surface area contributed by atoms with Gasteiger partial charge in [-0.05, 0) is 32.9 Å². The van der Waals surface area contributed by atoms with Crippen molar-refractivity contribution < 1.29 is 14.3 Å². The maximum atomic E-state index is 12.8. The van der Waals surface area contributed by atoms with Gasteiger partial charge in [0.1, 0.15) is 5.78 Å². The summed E-state index contributed by atoms with van der Waals surface area (Å²) in [4.78, 5) is 12.8. The highest BCUT2D eigenvalue weighted by molar-refractivity contribution is 7.99. The molecule has 0 aliphatic rings. The van der Waals surface area contributed by atoms with Crippen LogP contribution in [-0.4, -0.2) is 42.2 Å². The van der Waals surface area contributed by atoms with Crippen LogP contribution in [0.25, 0.3) is 0 Å². The molecule has 0 aliphatic carbocycles. The topological polar surface area (TPSA) is 35.5 Å². The third-order valence-electron chi connectivity index (χ3n) is 3.13. The van der Waals surface area contributed by atoms with Crippen molar-refractivity contribution >= 4 is 17.5 Å². The largest absolute Gasteiger partial charge is 0.378 e. The van der Waals surface area contributed by atoms with Crippen LogP contribution in [-0.2, 0) is 14.3 Å². The normalized spacial score (nSPS) is 13.0. The average Bonchev–Trinajstić information content (AvgIpc) is 2.36. The molecular weight excluding hydrogens is 284 g/mol. The van der Waals surface area contributed by atoms with E-state index in [1.54, 1.807) is 11.8 Å². The summed E-state index contributed by atoms with van der Waals surface area (Å²) in [5.74, 6) is 0.988. The Labute approximate surface area is 135 Å². The fourth-order valence-corrected chi connectivity index (χ4v) is 2.89. The van der Waals surface area contributed by atoms with Gasteiger partial charge in [0.05, 0.1) is 30.8 Å². The molecule has 0 radical (unpaired) electrons. The second-order valence-corrected chi connectivity index (χ2v) is 8.44. The lowest BCUT2D eigenvalue weighted by atomic mass is 9.81. The zero-order valence-corrected chi connectivity index (χ0v) is 15.9. The Morgan fingerprint density at radius 1 is 0.905 bits per heavy atom. The summed E-state index contributed by atoms with van der Waals surface area (Å²) in [5, 5.41) is 0.488. The van der Waals surface area contributed by atoms with Gasteiger partial charge < -0.3 is 9.47 Å². The van der Waals surface area contributed by atoms with E-state index in [4.69, 9.17) is 9.47 Å². The quantitative estimate of drug-likeness (QED) is 0.572. The third kappa shape index (κ3) is 8.22. The lowest BCUT2D eigenvalue weighted by Crippen LogP contribution is -2.46. The van der Waals surface area contributed by atoms with Gasteiger partial charge in [0, 0.05) is 11.7 Å². The minimum atomic E-state index is -0.544. The number of thioether (sulfide) groups is 1. The van der Waals surface area contributed by atoms with E-state index in [-0.39, 0.29) is 23.9 Å². The van der Waals surface area contributed by atoms with Crippen LogP contribution < -0.4 is 0 Å². The Balaban J connectivity index is 5.19. The molecule has 0 atom stereocenters. The zero-order valence-electron chi connectivity index (χ0n) is 15.1. The number of hydrogen-bond acceptors (Lipinski definition) is 4. The summed E-state index contributed by atoms with van der Waals surface area (Å²) in [6.07, 6.45) is 0.236. The van der Waals surface area contributed by atoms with Crippen molar-refractivity contribution in [2.24, 2.45) is 11.3 Å². The predicted molar refractivity (Wildman–Crippen MR) is 92.0 cm³/mol. The fourth-order valence-electron chi connectivity index (χ4n) is 1.93. The second-order valence-electron chi connectivity index (χ2n) is 6.88. The number of carbonyl (C=O) groups is 1. The minimum absolute atomic E-state index is 0.00992. The molecule has 0 bridgehead atoms. The van der Waals surface area contributed by atoms with Crippen LogP contribution in [0.1, 0.15) is 55.4 Å². The Kier molecular flexibility index (Phi) is 9.83. The van der Waals surface area contributed by atoms with Gasteiger partial charge in [-0.15, -0.1) is 0 Å². The van der Waals surface area contributed by atoms with E-state index in [1.165, 1.54) is 0 Å². The molecule has 0 unspecified atom stereocenters. The summed E-state index contributed by atoms with van der Waals surface area (Å²) in [6.45, 7) is 17.1. The van der Waals surface area contributed by atoms with Gasteiger partial charge in [-0.2, -0.15) is 11.8 Å². The third-order valence-corrected chi connectivity index (χ3v) is 4.51. The molecule has 0 aromatic heterocycles. The van der Waals surface area contributed by atoms with Crippen molar-refractivity contribution in [1.82, 2.24) is 0 Å². The maximum Gasteiger partial charge on any atom is 0.147 e. The fraction of sp³-hybridized carbons (Fsp3) is 0.941. The summed E-state index contributed by atoms with van der Waals surface area (Å²) >= 11 is 1.81. The maximum absolute atomic E-state index is 12.8. The number of rotatable bonds is 11. The Bertz CT molecular complexity index is 267. The van der Waals surface area contributed by atoms with E-state index in [0.717, 1.165) is 5.75 Å². The van der Waals surface area contributed by atoms with Gasteiger partial charge in [-0.1, -0.05) is 27.7 Å². The summed E-state index contributed by atoms with van der Waals surface area (Å²) in [5.41, 5.74) is -0.544. The first kappa shape index (κ1) is 20.9. The molecule has 0 spiro atoms. The van der Waals surface area contributed by atoms with Gasteiger partial charge in [-0.3, -0.25) is 4.79 Å². The highest BCUT2D eigenvalue weighted by atomic mass is 32.2. The molecule has 0 saturated carbocycles. The first-order valence-electron chi connectivity index (χ1n) is 8.00. The molecular formula is C17H34O3S. The van der Waals surface area contributed by atoms with Gasteiger partial charge in [-0.25, -0.2) is 0 Å². The highest BCUT2D eigenvalue weighted by Gasteiger charge is 2.41. The molecule has 0 aromatic carbocycles. The van der Waals surface area contributed by atoms with E-state index in [2.05, 4.69) is 13.8 Å². The lowest BCUT2D eigenvalue weighted by Gasteiger charge is -2.35. The van der Waals surface area contributed by atoms with Crippen LogP contribution in [0, 0.1) is 11.3 Å². The number of Topliss-reactive ketones (excluding diaryl/α,β-unsaturated/α-hetero) is 1. The molecule has 0 aliphatic heterocycles. The van der Waals surface area contributed by atoms with E-state index in [1.807, 2.05) is 41.5 Å². The molecule has 0 heterocycles. The summed E-state index contributed by atoms with van der Waals surface area (Å²) < 4.78 is 11.7. The molecule has 0 fully saturated rings. The van der Waals surface area contributed by atoms with Gasteiger partial charge >= 0.3 is 0 Å². The van der Waals surface area contributed by atoms with E-state index in [9.17, 15) is 4.79 Å². The van der Waals surface area contributed by atoms with Gasteiger partial charge in [0.25, 0.3) is 0 Å². The molecule has 0 rings (SSSR count). The molecule has 126 valence electrons. The minimum Gasteiger partial charge on any atom is -0.378 e. The molecule has 0 saturated heterocycles. The average molecular weight is 319 g/mol.